The molecule has 0 aromatic heterocycles. The van der Waals surface area contributed by atoms with Crippen molar-refractivity contribution in [2.45, 2.75) is 6.42 Å². The van der Waals surface area contributed by atoms with Crippen LogP contribution in [0.3, 0.4) is 0 Å². The predicted octanol–water partition coefficient (Wildman–Crippen LogP) is 2.13. The molecule has 0 bridgehead atoms. The van der Waals surface area contributed by atoms with Gasteiger partial charge < -0.3 is 25.4 Å². The first-order valence-corrected chi connectivity index (χ1v) is 9.03. The molecule has 0 saturated heterocycles. The molecule has 148 valence electrons. The summed E-state index contributed by atoms with van der Waals surface area (Å²) in [7, 11) is 3.16. The van der Waals surface area contributed by atoms with E-state index in [1.54, 1.807) is 50.6 Å². The first-order valence-electron chi connectivity index (χ1n) is 8.63. The Morgan fingerprint density at radius 1 is 1.00 bits per heavy atom. The van der Waals surface area contributed by atoms with Crippen LogP contribution in [0.1, 0.15) is 15.9 Å². The number of thiocarbonyl (C=S) groups is 1. The zero-order valence-corrected chi connectivity index (χ0v) is 16.6. The zero-order chi connectivity index (χ0) is 20.4. The van der Waals surface area contributed by atoms with Crippen LogP contribution < -0.4 is 20.7 Å². The number of hydrogen-bond donors (Lipinski definition) is 3. The molecule has 0 atom stereocenters. The van der Waals surface area contributed by atoms with E-state index in [0.29, 0.717) is 24.4 Å². The predicted molar refractivity (Wildman–Crippen MR) is 112 cm³/mol. The van der Waals surface area contributed by atoms with Crippen LogP contribution in [0, 0.1) is 0 Å². The minimum Gasteiger partial charge on any atom is -0.497 e. The van der Waals surface area contributed by atoms with Crippen molar-refractivity contribution >= 4 is 34.8 Å². The Labute approximate surface area is 169 Å². The summed E-state index contributed by atoms with van der Waals surface area (Å²) in [4.78, 5) is 24.0. The lowest BCUT2D eigenvalue weighted by atomic mass is 10.1. The fourth-order valence-electron chi connectivity index (χ4n) is 2.34. The van der Waals surface area contributed by atoms with Crippen molar-refractivity contribution in [1.82, 2.24) is 10.6 Å². The van der Waals surface area contributed by atoms with Crippen molar-refractivity contribution in [3.05, 3.63) is 59.7 Å². The molecule has 0 aliphatic rings. The molecule has 3 N–H and O–H groups in total. The minimum absolute atomic E-state index is 0.182. The molecular formula is C20H23N3O4S. The SMILES string of the molecule is COCCNC(=O)c1ccc(NC(=S)NC(=O)Cc2ccc(OC)cc2)cc1. The monoisotopic (exact) mass is 401 g/mol. The largest absolute Gasteiger partial charge is 0.497 e. The van der Waals surface area contributed by atoms with Crippen LogP contribution in [-0.4, -0.2) is 44.3 Å². The fourth-order valence-corrected chi connectivity index (χ4v) is 2.57. The van der Waals surface area contributed by atoms with Crippen molar-refractivity contribution in [3.63, 3.8) is 0 Å². The van der Waals surface area contributed by atoms with E-state index in [4.69, 9.17) is 21.7 Å². The number of carbonyl (C=O) groups is 2. The molecule has 0 saturated carbocycles. The number of carbonyl (C=O) groups excluding carboxylic acids is 2. The van der Waals surface area contributed by atoms with Gasteiger partial charge in [-0.3, -0.25) is 9.59 Å². The summed E-state index contributed by atoms with van der Waals surface area (Å²) in [5.41, 5.74) is 2.05. The normalized spacial score (nSPS) is 10.1. The number of anilines is 1. The van der Waals surface area contributed by atoms with Gasteiger partial charge in [0.1, 0.15) is 5.75 Å². The summed E-state index contributed by atoms with van der Waals surface area (Å²) in [5.74, 6) is 0.327. The number of nitrogens with one attached hydrogen (secondary N) is 3. The second kappa shape index (κ2) is 11.0. The van der Waals surface area contributed by atoms with Gasteiger partial charge >= 0.3 is 0 Å². The van der Waals surface area contributed by atoms with Crippen LogP contribution in [0.25, 0.3) is 0 Å². The minimum atomic E-state index is -0.225. The second-order valence-corrected chi connectivity index (χ2v) is 6.26. The summed E-state index contributed by atoms with van der Waals surface area (Å²) in [6.07, 6.45) is 0.201. The number of rotatable bonds is 8. The summed E-state index contributed by atoms with van der Waals surface area (Å²) in [5, 5.41) is 8.49. The topological polar surface area (TPSA) is 88.7 Å². The summed E-state index contributed by atoms with van der Waals surface area (Å²) >= 11 is 5.17. The fraction of sp³-hybridized carbons (Fsp3) is 0.250. The van der Waals surface area contributed by atoms with Gasteiger partial charge in [-0.2, -0.15) is 0 Å². The summed E-state index contributed by atoms with van der Waals surface area (Å²) in [6.45, 7) is 0.898. The van der Waals surface area contributed by atoms with Crippen molar-refractivity contribution in [2.75, 3.05) is 32.7 Å². The highest BCUT2D eigenvalue weighted by molar-refractivity contribution is 7.80. The van der Waals surface area contributed by atoms with Gasteiger partial charge in [0.25, 0.3) is 5.91 Å². The van der Waals surface area contributed by atoms with Crippen LogP contribution in [0.4, 0.5) is 5.69 Å². The van der Waals surface area contributed by atoms with Crippen molar-refractivity contribution in [1.29, 1.82) is 0 Å². The van der Waals surface area contributed by atoms with E-state index in [0.717, 1.165) is 11.3 Å². The Balaban J connectivity index is 1.81. The lowest BCUT2D eigenvalue weighted by Crippen LogP contribution is -2.35. The molecule has 8 heteroatoms. The molecule has 0 heterocycles. The molecule has 0 aliphatic heterocycles. The third-order valence-electron chi connectivity index (χ3n) is 3.77. The van der Waals surface area contributed by atoms with E-state index < -0.39 is 0 Å². The maximum Gasteiger partial charge on any atom is 0.251 e. The van der Waals surface area contributed by atoms with Gasteiger partial charge in [0.2, 0.25) is 5.91 Å². The van der Waals surface area contributed by atoms with Crippen LogP contribution in [0.15, 0.2) is 48.5 Å². The van der Waals surface area contributed by atoms with Crippen molar-refractivity contribution in [3.8, 4) is 5.75 Å². The lowest BCUT2D eigenvalue weighted by molar-refractivity contribution is -0.119. The van der Waals surface area contributed by atoms with E-state index >= 15 is 0 Å². The number of methoxy groups -OCH3 is 2. The van der Waals surface area contributed by atoms with E-state index in [1.807, 2.05) is 12.1 Å². The standard InChI is InChI=1S/C20H23N3O4S/c1-26-12-11-21-19(25)15-5-7-16(8-6-15)22-20(28)23-18(24)13-14-3-9-17(27-2)10-4-14/h3-10H,11-13H2,1-2H3,(H,21,25)(H2,22,23,24,28). The molecule has 2 rings (SSSR count). The Morgan fingerprint density at radius 2 is 1.68 bits per heavy atom. The molecule has 2 aromatic rings. The molecule has 0 fully saturated rings. The smallest absolute Gasteiger partial charge is 0.251 e. The first-order chi connectivity index (χ1) is 13.5. The van der Waals surface area contributed by atoms with Crippen molar-refractivity contribution in [2.24, 2.45) is 0 Å². The molecule has 7 nitrogen and oxygen atoms in total. The molecule has 2 aromatic carbocycles. The first kappa shape index (κ1) is 21.3. The Morgan fingerprint density at radius 3 is 2.29 bits per heavy atom. The molecule has 28 heavy (non-hydrogen) atoms. The van der Waals surface area contributed by atoms with E-state index in [9.17, 15) is 9.59 Å². The van der Waals surface area contributed by atoms with Crippen LogP contribution in [-0.2, 0) is 16.0 Å². The van der Waals surface area contributed by atoms with E-state index in [-0.39, 0.29) is 23.3 Å². The van der Waals surface area contributed by atoms with Crippen LogP contribution in [0.5, 0.6) is 5.75 Å². The van der Waals surface area contributed by atoms with Crippen LogP contribution >= 0.6 is 12.2 Å². The van der Waals surface area contributed by atoms with Gasteiger partial charge in [-0.05, 0) is 54.2 Å². The highest BCUT2D eigenvalue weighted by Crippen LogP contribution is 2.12. The second-order valence-electron chi connectivity index (χ2n) is 5.85. The molecule has 0 spiro atoms. The maximum absolute atomic E-state index is 12.1. The third-order valence-corrected chi connectivity index (χ3v) is 3.98. The molecule has 0 radical (unpaired) electrons. The maximum atomic E-state index is 12.1. The number of hydrogen-bond acceptors (Lipinski definition) is 5. The lowest BCUT2D eigenvalue weighted by Gasteiger charge is -2.10. The van der Waals surface area contributed by atoms with Crippen molar-refractivity contribution < 1.29 is 19.1 Å². The molecular weight excluding hydrogens is 378 g/mol. The number of benzene rings is 2. The van der Waals surface area contributed by atoms with Gasteiger partial charge in [-0.1, -0.05) is 12.1 Å². The highest BCUT2D eigenvalue weighted by atomic mass is 32.1. The average Bonchev–Trinajstić information content (AvgIpc) is 2.69. The quantitative estimate of drug-likeness (QED) is 0.464. The van der Waals surface area contributed by atoms with E-state index in [2.05, 4.69) is 16.0 Å². The molecule has 0 aliphatic carbocycles. The van der Waals surface area contributed by atoms with Gasteiger partial charge in [-0.15, -0.1) is 0 Å². The van der Waals surface area contributed by atoms with Crippen LogP contribution in [0.2, 0.25) is 0 Å². The molecule has 2 amide bonds. The molecule has 0 unspecified atom stereocenters. The number of amides is 2. The Bertz CT molecular complexity index is 807. The van der Waals surface area contributed by atoms with Gasteiger partial charge in [0, 0.05) is 24.9 Å². The zero-order valence-electron chi connectivity index (χ0n) is 15.8. The van der Waals surface area contributed by atoms with Gasteiger partial charge in [0.05, 0.1) is 20.1 Å². The number of ether oxygens (including phenoxy) is 2. The Hall–Kier alpha value is -2.97. The van der Waals surface area contributed by atoms with Gasteiger partial charge in [0.15, 0.2) is 5.11 Å². The summed E-state index contributed by atoms with van der Waals surface area (Å²) in [6, 6.07) is 14.0. The Kier molecular flexibility index (Phi) is 8.38. The van der Waals surface area contributed by atoms with E-state index in [1.165, 1.54) is 0 Å². The summed E-state index contributed by atoms with van der Waals surface area (Å²) < 4.78 is 9.98. The third kappa shape index (κ3) is 6.98. The highest BCUT2D eigenvalue weighted by Gasteiger charge is 2.08. The average molecular weight is 401 g/mol. The van der Waals surface area contributed by atoms with Gasteiger partial charge in [-0.25, -0.2) is 0 Å².